The molecule has 4 N–H and O–H groups in total. The maximum Gasteiger partial charge on any atom is 0.488 e. The van der Waals surface area contributed by atoms with Crippen LogP contribution >= 0.6 is 0 Å². The van der Waals surface area contributed by atoms with Gasteiger partial charge in [0.05, 0.1) is 0 Å². The van der Waals surface area contributed by atoms with Crippen LogP contribution in [0.1, 0.15) is 43.0 Å². The van der Waals surface area contributed by atoms with Crippen LogP contribution < -0.4 is 10.9 Å². The molecule has 0 amide bonds. The van der Waals surface area contributed by atoms with Gasteiger partial charge in [0.1, 0.15) is 12.6 Å². The molecule has 0 aromatic heterocycles. The molecule has 0 radical (unpaired) electrons. The van der Waals surface area contributed by atoms with Crippen LogP contribution in [0.2, 0.25) is 0 Å². The maximum atomic E-state index is 11.3. The van der Waals surface area contributed by atoms with Crippen molar-refractivity contribution in [1.82, 2.24) is 0 Å². The number of hydrogen-bond donors (Lipinski definition) is 4. The van der Waals surface area contributed by atoms with Crippen LogP contribution in [0.15, 0.2) is 97.1 Å². The van der Waals surface area contributed by atoms with E-state index in [9.17, 15) is 29.7 Å². The molecule has 0 fully saturated rings. The van der Waals surface area contributed by atoms with Crippen molar-refractivity contribution in [2.75, 3.05) is 0 Å². The molecule has 0 unspecified atom stereocenters. The molecule has 36 heavy (non-hydrogen) atoms. The quantitative estimate of drug-likeness (QED) is 0.175. The first-order chi connectivity index (χ1) is 17.4. The van der Waals surface area contributed by atoms with E-state index in [0.29, 0.717) is 22.1 Å². The topological polar surface area (TPSA) is 115 Å². The van der Waals surface area contributed by atoms with Crippen LogP contribution in [0, 0.1) is 0 Å². The summed E-state index contributed by atoms with van der Waals surface area (Å²) in [5.41, 5.74) is 6.48. The third-order valence-corrected chi connectivity index (χ3v) is 5.92. The molecule has 0 aliphatic rings. The lowest BCUT2D eigenvalue weighted by atomic mass is 9.77. The van der Waals surface area contributed by atoms with Crippen molar-refractivity contribution in [3.05, 3.63) is 130 Å². The second-order valence-corrected chi connectivity index (χ2v) is 8.22. The highest BCUT2D eigenvalue weighted by molar-refractivity contribution is 6.59. The zero-order valence-electron chi connectivity index (χ0n) is 19.2. The van der Waals surface area contributed by atoms with E-state index in [0.717, 1.165) is 46.0 Å². The molecule has 4 rings (SSSR count). The second-order valence-electron chi connectivity index (χ2n) is 8.22. The van der Waals surface area contributed by atoms with Crippen molar-refractivity contribution in [1.29, 1.82) is 0 Å². The van der Waals surface area contributed by atoms with Crippen molar-refractivity contribution in [3.8, 4) is 0 Å². The van der Waals surface area contributed by atoms with Crippen molar-refractivity contribution < 1.29 is 29.7 Å². The molecular weight excluding hydrogens is 454 g/mol. The number of benzene rings is 4. The Morgan fingerprint density at radius 2 is 0.694 bits per heavy atom. The second kappa shape index (κ2) is 11.1. The first kappa shape index (κ1) is 25.0. The van der Waals surface area contributed by atoms with Crippen LogP contribution in [0.25, 0.3) is 11.1 Å². The lowest BCUT2D eigenvalue weighted by Gasteiger charge is -2.19. The molecule has 4 aromatic carbocycles. The molecule has 4 aromatic rings. The summed E-state index contributed by atoms with van der Waals surface area (Å²) >= 11 is 0. The third kappa shape index (κ3) is 5.43. The fourth-order valence-corrected chi connectivity index (χ4v) is 4.01. The Morgan fingerprint density at radius 1 is 0.444 bits per heavy atom. The molecule has 0 heterocycles. The van der Waals surface area contributed by atoms with Crippen LogP contribution in [-0.2, 0) is 0 Å². The van der Waals surface area contributed by atoms with Crippen molar-refractivity contribution in [3.63, 3.8) is 0 Å². The van der Waals surface area contributed by atoms with E-state index in [-0.39, 0.29) is 0 Å². The summed E-state index contributed by atoms with van der Waals surface area (Å²) in [6.07, 6.45) is 1.53. The van der Waals surface area contributed by atoms with Gasteiger partial charge in [0.2, 0.25) is 0 Å². The molecule has 0 aliphatic carbocycles. The smallest absolute Gasteiger partial charge is 0.423 e. The monoisotopic (exact) mass is 476 g/mol. The molecule has 8 heteroatoms. The summed E-state index contributed by atoms with van der Waals surface area (Å²) in [7, 11) is -3.21. The van der Waals surface area contributed by atoms with Crippen LogP contribution in [0.3, 0.4) is 0 Å². The maximum absolute atomic E-state index is 11.3. The third-order valence-electron chi connectivity index (χ3n) is 5.92. The van der Waals surface area contributed by atoms with E-state index in [1.165, 1.54) is 0 Å². The number of aldehydes is 2. The molecule has 6 nitrogen and oxygen atoms in total. The minimum Gasteiger partial charge on any atom is -0.423 e. The molecule has 0 saturated carbocycles. The van der Waals surface area contributed by atoms with Gasteiger partial charge in [-0.1, -0.05) is 97.1 Å². The normalized spacial score (nSPS) is 11.4. The van der Waals surface area contributed by atoms with Crippen LogP contribution in [0.5, 0.6) is 0 Å². The Bertz CT molecular complexity index is 1270. The summed E-state index contributed by atoms with van der Waals surface area (Å²) in [5, 5.41) is 38.2. The number of carbonyl (C=O) groups excluding carboxylic acids is 2. The zero-order valence-corrected chi connectivity index (χ0v) is 19.2. The average molecular weight is 476 g/mol. The molecule has 0 bridgehead atoms. The summed E-state index contributed by atoms with van der Waals surface area (Å²) in [6, 6.07) is 27.8. The van der Waals surface area contributed by atoms with Gasteiger partial charge in [0, 0.05) is 11.1 Å². The summed E-state index contributed by atoms with van der Waals surface area (Å²) < 4.78 is 0. The number of rotatable bonds is 8. The highest BCUT2D eigenvalue weighted by atomic mass is 16.4. The van der Waals surface area contributed by atoms with E-state index in [4.69, 9.17) is 0 Å². The van der Waals surface area contributed by atoms with Crippen LogP contribution in [-0.4, -0.2) is 46.9 Å². The molecule has 0 atom stereocenters. The van der Waals surface area contributed by atoms with Gasteiger partial charge in [-0.05, 0) is 44.3 Å². The van der Waals surface area contributed by atoms with Gasteiger partial charge in [-0.3, -0.25) is 9.59 Å². The molecular formula is C28H22B2O6. The molecule has 0 spiro atoms. The van der Waals surface area contributed by atoms with Gasteiger partial charge in [-0.25, -0.2) is 0 Å². The summed E-state index contributed by atoms with van der Waals surface area (Å²) in [5.74, 6) is 0. The Hall–Kier alpha value is -4.07. The van der Waals surface area contributed by atoms with Gasteiger partial charge in [0.25, 0.3) is 0 Å². The molecule has 0 aliphatic heterocycles. The van der Waals surface area contributed by atoms with Gasteiger partial charge in [-0.2, -0.15) is 0 Å². The van der Waals surface area contributed by atoms with Crippen molar-refractivity contribution >= 4 is 48.9 Å². The SMILES string of the molecule is O=Cc1ccc(/C(=C(\c2ccc(C=O)cc2)c2ccc(B(O)O)cc2)c2ccc(B(O)O)cc2)cc1. The first-order valence-corrected chi connectivity index (χ1v) is 11.2. The average Bonchev–Trinajstić information content (AvgIpc) is 2.92. The standard InChI is InChI=1S/C28H22B2O6/c31-17-19-1-5-21(6-2-19)27(23-9-13-25(14-10-23)29(33)34)28(22-7-3-20(18-32)4-8-22)24-11-15-26(16-12-24)30(35)36/h1-18,33-36H/b28-27-. The Morgan fingerprint density at radius 3 is 0.917 bits per heavy atom. The Balaban J connectivity index is 2.04. The Labute approximate surface area is 209 Å². The fraction of sp³-hybridized carbons (Fsp3) is 0. The zero-order chi connectivity index (χ0) is 25.7. The largest absolute Gasteiger partial charge is 0.488 e. The first-order valence-electron chi connectivity index (χ1n) is 11.2. The van der Waals surface area contributed by atoms with Gasteiger partial charge < -0.3 is 20.1 Å². The van der Waals surface area contributed by atoms with Crippen molar-refractivity contribution in [2.24, 2.45) is 0 Å². The lowest BCUT2D eigenvalue weighted by molar-refractivity contribution is 0.111. The van der Waals surface area contributed by atoms with Crippen molar-refractivity contribution in [2.45, 2.75) is 0 Å². The fourth-order valence-electron chi connectivity index (χ4n) is 4.01. The van der Waals surface area contributed by atoms with E-state index in [2.05, 4.69) is 0 Å². The van der Waals surface area contributed by atoms with E-state index >= 15 is 0 Å². The summed E-state index contributed by atoms with van der Waals surface area (Å²) in [4.78, 5) is 22.5. The van der Waals surface area contributed by atoms with E-state index < -0.39 is 14.2 Å². The van der Waals surface area contributed by atoms with E-state index in [1.807, 2.05) is 24.3 Å². The van der Waals surface area contributed by atoms with Gasteiger partial charge in [0.15, 0.2) is 0 Å². The number of carbonyl (C=O) groups is 2. The highest BCUT2D eigenvalue weighted by Crippen LogP contribution is 2.36. The number of hydrogen-bond acceptors (Lipinski definition) is 6. The van der Waals surface area contributed by atoms with Crippen LogP contribution in [0.4, 0.5) is 0 Å². The lowest BCUT2D eigenvalue weighted by Crippen LogP contribution is -2.29. The Kier molecular flexibility index (Phi) is 7.73. The van der Waals surface area contributed by atoms with Gasteiger partial charge in [-0.15, -0.1) is 0 Å². The predicted octanol–water partition coefficient (Wildman–Crippen LogP) is 1.68. The highest BCUT2D eigenvalue weighted by Gasteiger charge is 2.19. The minimum atomic E-state index is -1.61. The predicted molar refractivity (Wildman–Crippen MR) is 141 cm³/mol. The summed E-state index contributed by atoms with van der Waals surface area (Å²) in [6.45, 7) is 0. The van der Waals surface area contributed by atoms with E-state index in [1.54, 1.807) is 72.8 Å². The van der Waals surface area contributed by atoms with Gasteiger partial charge >= 0.3 is 14.2 Å². The minimum absolute atomic E-state index is 0.340. The molecule has 0 saturated heterocycles. The molecule has 176 valence electrons.